The molecule has 0 spiro atoms. The van der Waals surface area contributed by atoms with Crippen LogP contribution in [-0.4, -0.2) is 22.2 Å². The highest BCUT2D eigenvalue weighted by Crippen LogP contribution is 2.31. The van der Waals surface area contributed by atoms with Gasteiger partial charge < -0.3 is 9.84 Å². The summed E-state index contributed by atoms with van der Waals surface area (Å²) >= 11 is 5.40. The number of allylic oxidation sites excluding steroid dienone is 1. The summed E-state index contributed by atoms with van der Waals surface area (Å²) in [6.07, 6.45) is 1.79. The summed E-state index contributed by atoms with van der Waals surface area (Å²) in [6.45, 7) is 3.75. The van der Waals surface area contributed by atoms with Gasteiger partial charge in [0.1, 0.15) is 5.75 Å². The molecular formula is C23H18I2N2O4S. The maximum atomic E-state index is 13.5. The zero-order chi connectivity index (χ0) is 23.0. The minimum Gasteiger partial charge on any atom is -0.506 e. The van der Waals surface area contributed by atoms with Gasteiger partial charge in [0.2, 0.25) is 0 Å². The van der Waals surface area contributed by atoms with Crippen molar-refractivity contribution in [3.8, 4) is 5.75 Å². The third-order valence-electron chi connectivity index (χ3n) is 4.97. The maximum absolute atomic E-state index is 13.5. The number of carbonyl (C=O) groups excluding carboxylic acids is 1. The van der Waals surface area contributed by atoms with Crippen molar-refractivity contribution in [1.82, 2.24) is 4.57 Å². The Morgan fingerprint density at radius 2 is 1.91 bits per heavy atom. The van der Waals surface area contributed by atoms with E-state index < -0.39 is 12.0 Å². The normalized spacial score (nSPS) is 16.0. The molecule has 0 aliphatic carbocycles. The fourth-order valence-electron chi connectivity index (χ4n) is 3.56. The lowest BCUT2D eigenvalue weighted by Gasteiger charge is -2.24. The lowest BCUT2D eigenvalue weighted by Crippen LogP contribution is -2.39. The van der Waals surface area contributed by atoms with Gasteiger partial charge in [-0.25, -0.2) is 9.79 Å². The van der Waals surface area contributed by atoms with Crippen molar-refractivity contribution < 1.29 is 14.6 Å². The fourth-order valence-corrected chi connectivity index (χ4v) is 6.42. The van der Waals surface area contributed by atoms with Gasteiger partial charge >= 0.3 is 5.97 Å². The van der Waals surface area contributed by atoms with E-state index in [4.69, 9.17) is 4.74 Å². The number of thiazole rings is 1. The van der Waals surface area contributed by atoms with Crippen molar-refractivity contribution >= 4 is 68.6 Å². The number of aromatic hydroxyl groups is 1. The SMILES string of the molecule is CCOC(=O)C1=C(C)N=c2s/c(=C\c3cc(I)c(O)c(I)c3)c(=O)n2[C@@H]1c1ccccc1. The summed E-state index contributed by atoms with van der Waals surface area (Å²) in [5.74, 6) is -0.247. The van der Waals surface area contributed by atoms with Crippen LogP contribution in [0.2, 0.25) is 0 Å². The van der Waals surface area contributed by atoms with Crippen molar-refractivity contribution in [3.05, 3.63) is 91.7 Å². The molecule has 2 aromatic carbocycles. The number of nitrogens with zero attached hydrogens (tertiary/aromatic N) is 2. The predicted octanol–water partition coefficient (Wildman–Crippen LogP) is 3.71. The van der Waals surface area contributed by atoms with E-state index >= 15 is 0 Å². The Labute approximate surface area is 215 Å². The van der Waals surface area contributed by atoms with Crippen LogP contribution in [-0.2, 0) is 9.53 Å². The van der Waals surface area contributed by atoms with Crippen LogP contribution in [0.1, 0.15) is 31.0 Å². The second kappa shape index (κ2) is 9.48. The number of fused-ring (bicyclic) bond motifs is 1. The van der Waals surface area contributed by atoms with Crippen LogP contribution in [0.15, 0.2) is 63.5 Å². The number of aromatic nitrogens is 1. The van der Waals surface area contributed by atoms with Gasteiger partial charge in [0.15, 0.2) is 4.80 Å². The lowest BCUT2D eigenvalue weighted by atomic mass is 9.96. The molecule has 3 aromatic rings. The fraction of sp³-hybridized carbons (Fsp3) is 0.174. The smallest absolute Gasteiger partial charge is 0.338 e. The summed E-state index contributed by atoms with van der Waals surface area (Å²) in [7, 11) is 0. The number of hydrogen-bond acceptors (Lipinski definition) is 6. The molecule has 4 rings (SSSR count). The van der Waals surface area contributed by atoms with Gasteiger partial charge in [-0.1, -0.05) is 41.7 Å². The number of phenolic OH excluding ortho intramolecular Hbond substituents is 1. The molecule has 9 heteroatoms. The van der Waals surface area contributed by atoms with Gasteiger partial charge in [-0.3, -0.25) is 9.36 Å². The Bertz CT molecular complexity index is 1400. The Kier molecular flexibility index (Phi) is 6.86. The summed E-state index contributed by atoms with van der Waals surface area (Å²) in [5, 5.41) is 10.0. The van der Waals surface area contributed by atoms with Gasteiger partial charge in [0, 0.05) is 0 Å². The number of ether oxygens (including phenoxy) is 1. The topological polar surface area (TPSA) is 80.9 Å². The zero-order valence-corrected chi connectivity index (χ0v) is 22.3. The van der Waals surface area contributed by atoms with Crippen LogP contribution in [0, 0.1) is 7.14 Å². The quantitative estimate of drug-likeness (QED) is 0.339. The molecule has 6 nitrogen and oxygen atoms in total. The van der Waals surface area contributed by atoms with E-state index in [1.54, 1.807) is 24.5 Å². The highest BCUT2D eigenvalue weighted by Gasteiger charge is 2.33. The van der Waals surface area contributed by atoms with Crippen molar-refractivity contribution in [2.75, 3.05) is 6.61 Å². The van der Waals surface area contributed by atoms with Crippen LogP contribution in [0.3, 0.4) is 0 Å². The number of benzene rings is 2. The van der Waals surface area contributed by atoms with Gasteiger partial charge in [0.25, 0.3) is 5.56 Å². The van der Waals surface area contributed by atoms with Crippen molar-refractivity contribution in [1.29, 1.82) is 0 Å². The third kappa shape index (κ3) is 4.29. The van der Waals surface area contributed by atoms with Gasteiger partial charge in [-0.2, -0.15) is 0 Å². The molecule has 0 saturated carbocycles. The largest absolute Gasteiger partial charge is 0.506 e. The van der Waals surface area contributed by atoms with Crippen molar-refractivity contribution in [3.63, 3.8) is 0 Å². The molecule has 0 unspecified atom stereocenters. The van der Waals surface area contributed by atoms with E-state index in [9.17, 15) is 14.7 Å². The molecule has 164 valence electrons. The zero-order valence-electron chi connectivity index (χ0n) is 17.1. The molecule has 32 heavy (non-hydrogen) atoms. The molecule has 2 heterocycles. The van der Waals surface area contributed by atoms with E-state index in [1.165, 1.54) is 11.3 Å². The molecule has 1 aliphatic rings. The highest BCUT2D eigenvalue weighted by molar-refractivity contribution is 14.1. The number of carbonyl (C=O) groups is 1. The van der Waals surface area contributed by atoms with Crippen molar-refractivity contribution in [2.45, 2.75) is 19.9 Å². The molecule has 0 fully saturated rings. The predicted molar refractivity (Wildman–Crippen MR) is 140 cm³/mol. The number of halogens is 2. The monoisotopic (exact) mass is 672 g/mol. The molecule has 1 aliphatic heterocycles. The number of esters is 1. The average molecular weight is 672 g/mol. The van der Waals surface area contributed by atoms with Crippen LogP contribution in [0.25, 0.3) is 6.08 Å². The highest BCUT2D eigenvalue weighted by atomic mass is 127. The molecule has 0 saturated heterocycles. The Balaban J connectivity index is 1.96. The average Bonchev–Trinajstić information content (AvgIpc) is 3.06. The molecule has 0 radical (unpaired) electrons. The Morgan fingerprint density at radius 1 is 1.25 bits per heavy atom. The van der Waals surface area contributed by atoms with Crippen molar-refractivity contribution in [2.24, 2.45) is 4.99 Å². The molecule has 1 atom stereocenters. The Morgan fingerprint density at radius 3 is 2.53 bits per heavy atom. The van der Waals surface area contributed by atoms with E-state index in [1.807, 2.05) is 42.5 Å². The number of rotatable bonds is 4. The lowest BCUT2D eigenvalue weighted by molar-refractivity contribution is -0.139. The van der Waals surface area contributed by atoms with E-state index in [0.717, 1.165) is 11.1 Å². The second-order valence-electron chi connectivity index (χ2n) is 7.05. The number of phenols is 1. The minimum absolute atomic E-state index is 0.226. The first-order chi connectivity index (χ1) is 15.3. The molecular weight excluding hydrogens is 654 g/mol. The maximum Gasteiger partial charge on any atom is 0.338 e. The third-order valence-corrected chi connectivity index (χ3v) is 7.60. The van der Waals surface area contributed by atoms with E-state index in [0.29, 0.717) is 27.7 Å². The second-order valence-corrected chi connectivity index (χ2v) is 10.4. The van der Waals surface area contributed by atoms with Crippen LogP contribution in [0.4, 0.5) is 0 Å². The standard InChI is InChI=1S/C23H18I2N2O4S/c1-3-31-22(30)18-12(2)26-23-27(19(18)14-7-5-4-6-8-14)21(29)17(32-23)11-13-9-15(24)20(28)16(25)10-13/h4-11,19,28H,3H2,1-2H3/b17-11-/t19-/m1/s1. The molecule has 1 N–H and O–H groups in total. The molecule has 1 aromatic heterocycles. The van der Waals surface area contributed by atoms with Gasteiger partial charge in [-0.05, 0) is 88.4 Å². The first-order valence-corrected chi connectivity index (χ1v) is 12.7. The summed E-state index contributed by atoms with van der Waals surface area (Å²) in [5.41, 5.74) is 2.30. The first-order valence-electron chi connectivity index (χ1n) is 9.74. The van der Waals surface area contributed by atoms with E-state index in [-0.39, 0.29) is 17.9 Å². The summed E-state index contributed by atoms with van der Waals surface area (Å²) in [6, 6.07) is 12.5. The first kappa shape index (κ1) is 23.2. The minimum atomic E-state index is -0.617. The summed E-state index contributed by atoms with van der Waals surface area (Å²) < 4.78 is 8.78. The van der Waals surface area contributed by atoms with Gasteiger partial charge in [0.05, 0.1) is 35.6 Å². The molecule has 0 bridgehead atoms. The van der Waals surface area contributed by atoms with E-state index in [2.05, 4.69) is 50.2 Å². The van der Waals surface area contributed by atoms with Crippen LogP contribution in [0.5, 0.6) is 5.75 Å². The molecule has 0 amide bonds. The number of hydrogen-bond donors (Lipinski definition) is 1. The van der Waals surface area contributed by atoms with Crippen LogP contribution >= 0.6 is 56.5 Å². The summed E-state index contributed by atoms with van der Waals surface area (Å²) in [4.78, 5) is 31.5. The Hall–Kier alpha value is -1.99. The van der Waals surface area contributed by atoms with Gasteiger partial charge in [-0.15, -0.1) is 0 Å². The van der Waals surface area contributed by atoms with Crippen LogP contribution < -0.4 is 14.9 Å².